The zero-order valence-electron chi connectivity index (χ0n) is 8.58. The molecule has 0 N–H and O–H groups in total. The Morgan fingerprint density at radius 1 is 1.43 bits per heavy atom. The fraction of sp³-hybridized carbons (Fsp3) is 0.600. The first-order valence-corrected chi connectivity index (χ1v) is 4.64. The highest BCUT2D eigenvalue weighted by Crippen LogP contribution is 2.17. The van der Waals surface area contributed by atoms with Gasteiger partial charge in [0.1, 0.15) is 5.78 Å². The SMILES string of the molecule is C=C(C)C(=O)ON1CCC(C(C)=O)C1. The highest BCUT2D eigenvalue weighted by molar-refractivity contribution is 5.86. The largest absolute Gasteiger partial charge is 0.364 e. The van der Waals surface area contributed by atoms with E-state index in [1.54, 1.807) is 13.8 Å². The van der Waals surface area contributed by atoms with E-state index in [9.17, 15) is 9.59 Å². The molecule has 1 heterocycles. The number of hydrogen-bond acceptors (Lipinski definition) is 4. The van der Waals surface area contributed by atoms with E-state index in [0.717, 1.165) is 6.42 Å². The van der Waals surface area contributed by atoms with E-state index in [2.05, 4.69) is 6.58 Å². The molecule has 0 saturated carbocycles. The van der Waals surface area contributed by atoms with E-state index in [0.29, 0.717) is 18.7 Å². The number of hydroxylamine groups is 2. The van der Waals surface area contributed by atoms with Crippen LogP contribution in [-0.4, -0.2) is 29.9 Å². The van der Waals surface area contributed by atoms with E-state index in [-0.39, 0.29) is 11.7 Å². The highest BCUT2D eigenvalue weighted by atomic mass is 16.7. The van der Waals surface area contributed by atoms with Crippen molar-refractivity contribution >= 4 is 11.8 Å². The lowest BCUT2D eigenvalue weighted by Gasteiger charge is -2.14. The van der Waals surface area contributed by atoms with Gasteiger partial charge >= 0.3 is 5.97 Å². The van der Waals surface area contributed by atoms with Gasteiger partial charge in [-0.3, -0.25) is 4.79 Å². The lowest BCUT2D eigenvalue weighted by atomic mass is 10.1. The second-order valence-corrected chi connectivity index (χ2v) is 3.64. The molecule has 1 aliphatic heterocycles. The van der Waals surface area contributed by atoms with Crippen LogP contribution in [0.4, 0.5) is 0 Å². The predicted molar refractivity (Wildman–Crippen MR) is 51.3 cm³/mol. The Morgan fingerprint density at radius 3 is 2.50 bits per heavy atom. The molecule has 0 aromatic carbocycles. The molecule has 1 rings (SSSR count). The van der Waals surface area contributed by atoms with Gasteiger partial charge in [-0.25, -0.2) is 4.79 Å². The average molecular weight is 197 g/mol. The number of nitrogens with zero attached hydrogens (tertiary/aromatic N) is 1. The van der Waals surface area contributed by atoms with Gasteiger partial charge in [0, 0.05) is 24.6 Å². The first-order valence-electron chi connectivity index (χ1n) is 4.64. The van der Waals surface area contributed by atoms with Crippen molar-refractivity contribution in [2.75, 3.05) is 13.1 Å². The smallest absolute Gasteiger partial charge is 0.352 e. The van der Waals surface area contributed by atoms with Crippen LogP contribution in [0.5, 0.6) is 0 Å². The Morgan fingerprint density at radius 2 is 2.07 bits per heavy atom. The van der Waals surface area contributed by atoms with Crippen molar-refractivity contribution in [1.82, 2.24) is 5.06 Å². The van der Waals surface area contributed by atoms with Gasteiger partial charge in [0.15, 0.2) is 0 Å². The minimum Gasteiger partial charge on any atom is -0.364 e. The van der Waals surface area contributed by atoms with Gasteiger partial charge in [-0.1, -0.05) is 6.58 Å². The number of rotatable bonds is 3. The lowest BCUT2D eigenvalue weighted by Crippen LogP contribution is -2.26. The predicted octanol–water partition coefficient (Wildman–Crippen LogP) is 0.932. The van der Waals surface area contributed by atoms with Gasteiger partial charge < -0.3 is 4.84 Å². The Labute approximate surface area is 83.5 Å². The van der Waals surface area contributed by atoms with Crippen molar-refractivity contribution in [3.8, 4) is 0 Å². The fourth-order valence-corrected chi connectivity index (χ4v) is 1.34. The van der Waals surface area contributed by atoms with Crippen LogP contribution in [0.15, 0.2) is 12.2 Å². The van der Waals surface area contributed by atoms with Gasteiger partial charge in [-0.15, -0.1) is 5.06 Å². The molecule has 0 aromatic rings. The van der Waals surface area contributed by atoms with Crippen molar-refractivity contribution < 1.29 is 14.4 Å². The summed E-state index contributed by atoms with van der Waals surface area (Å²) < 4.78 is 0. The van der Waals surface area contributed by atoms with Crippen LogP contribution in [-0.2, 0) is 14.4 Å². The maximum absolute atomic E-state index is 11.1. The Balaban J connectivity index is 2.40. The quantitative estimate of drug-likeness (QED) is 0.631. The lowest BCUT2D eigenvalue weighted by molar-refractivity contribution is -0.181. The molecule has 0 spiro atoms. The summed E-state index contributed by atoms with van der Waals surface area (Å²) in [5, 5.41) is 1.53. The third-order valence-corrected chi connectivity index (χ3v) is 2.29. The Bertz CT molecular complexity index is 273. The van der Waals surface area contributed by atoms with E-state index in [1.807, 2.05) is 0 Å². The maximum Gasteiger partial charge on any atom is 0.352 e. The monoisotopic (exact) mass is 197 g/mol. The molecular formula is C10H15NO3. The van der Waals surface area contributed by atoms with Crippen LogP contribution < -0.4 is 0 Å². The normalized spacial score (nSPS) is 22.0. The number of Topliss-reactive ketones (excluding diaryl/α,β-unsaturated/α-hetero) is 1. The molecule has 0 radical (unpaired) electrons. The van der Waals surface area contributed by atoms with Crippen LogP contribution in [0.1, 0.15) is 20.3 Å². The standard InChI is InChI=1S/C10H15NO3/c1-7(2)10(13)14-11-5-4-9(6-11)8(3)12/h9H,1,4-6H2,2-3H3. The summed E-state index contributed by atoms with van der Waals surface area (Å²) in [5.41, 5.74) is 0.372. The van der Waals surface area contributed by atoms with Gasteiger partial charge in [-0.2, -0.15) is 0 Å². The van der Waals surface area contributed by atoms with E-state index in [1.165, 1.54) is 5.06 Å². The second kappa shape index (κ2) is 4.37. The third kappa shape index (κ3) is 2.67. The molecule has 0 amide bonds. The van der Waals surface area contributed by atoms with Crippen LogP contribution >= 0.6 is 0 Å². The van der Waals surface area contributed by atoms with Crippen LogP contribution in [0, 0.1) is 5.92 Å². The number of hydrogen-bond donors (Lipinski definition) is 0. The second-order valence-electron chi connectivity index (χ2n) is 3.64. The molecule has 14 heavy (non-hydrogen) atoms. The van der Waals surface area contributed by atoms with Gasteiger partial charge in [0.25, 0.3) is 0 Å². The van der Waals surface area contributed by atoms with Crippen molar-refractivity contribution in [2.24, 2.45) is 5.92 Å². The molecule has 0 bridgehead atoms. The summed E-state index contributed by atoms with van der Waals surface area (Å²) in [6.07, 6.45) is 0.763. The third-order valence-electron chi connectivity index (χ3n) is 2.29. The number of carbonyl (C=O) groups excluding carboxylic acids is 2. The number of carbonyl (C=O) groups is 2. The summed E-state index contributed by atoms with van der Waals surface area (Å²) in [7, 11) is 0. The summed E-state index contributed by atoms with van der Waals surface area (Å²) in [5.74, 6) is -0.263. The topological polar surface area (TPSA) is 46.6 Å². The first kappa shape index (κ1) is 10.9. The van der Waals surface area contributed by atoms with Crippen molar-refractivity contribution in [2.45, 2.75) is 20.3 Å². The zero-order valence-corrected chi connectivity index (χ0v) is 8.58. The molecule has 1 saturated heterocycles. The van der Waals surface area contributed by atoms with Crippen LogP contribution in [0.3, 0.4) is 0 Å². The van der Waals surface area contributed by atoms with Crippen molar-refractivity contribution in [1.29, 1.82) is 0 Å². The first-order chi connectivity index (χ1) is 6.50. The minimum atomic E-state index is -0.422. The molecular weight excluding hydrogens is 182 g/mol. The Kier molecular flexibility index (Phi) is 3.41. The van der Waals surface area contributed by atoms with E-state index in [4.69, 9.17) is 4.84 Å². The van der Waals surface area contributed by atoms with Gasteiger partial charge in [0.05, 0.1) is 0 Å². The fourth-order valence-electron chi connectivity index (χ4n) is 1.34. The van der Waals surface area contributed by atoms with Crippen LogP contribution in [0.25, 0.3) is 0 Å². The highest BCUT2D eigenvalue weighted by Gasteiger charge is 2.28. The van der Waals surface area contributed by atoms with Gasteiger partial charge in [-0.05, 0) is 20.3 Å². The average Bonchev–Trinajstić information content (AvgIpc) is 2.52. The summed E-state index contributed by atoms with van der Waals surface area (Å²) in [6.45, 7) is 7.78. The maximum atomic E-state index is 11.1. The molecule has 1 atom stereocenters. The summed E-state index contributed by atoms with van der Waals surface area (Å²) >= 11 is 0. The van der Waals surface area contributed by atoms with Crippen molar-refractivity contribution in [3.05, 3.63) is 12.2 Å². The number of ketones is 1. The van der Waals surface area contributed by atoms with E-state index >= 15 is 0 Å². The Hall–Kier alpha value is -1.16. The van der Waals surface area contributed by atoms with Crippen molar-refractivity contribution in [3.63, 3.8) is 0 Å². The zero-order chi connectivity index (χ0) is 10.7. The minimum absolute atomic E-state index is 0.00733. The van der Waals surface area contributed by atoms with E-state index < -0.39 is 5.97 Å². The summed E-state index contributed by atoms with van der Waals surface area (Å²) in [4.78, 5) is 27.1. The summed E-state index contributed by atoms with van der Waals surface area (Å²) in [6, 6.07) is 0. The molecule has 0 aromatic heterocycles. The molecule has 1 fully saturated rings. The molecule has 4 heteroatoms. The molecule has 0 aliphatic carbocycles. The molecule has 78 valence electrons. The molecule has 4 nitrogen and oxygen atoms in total. The molecule has 1 unspecified atom stereocenters. The molecule has 1 aliphatic rings. The van der Waals surface area contributed by atoms with Gasteiger partial charge in [0.2, 0.25) is 0 Å². The van der Waals surface area contributed by atoms with Crippen LogP contribution in [0.2, 0.25) is 0 Å².